The minimum atomic E-state index is -3.55. The molecule has 0 aliphatic heterocycles. The van der Waals surface area contributed by atoms with Gasteiger partial charge in [-0.1, -0.05) is 42.5 Å². The molecule has 0 bridgehead atoms. The van der Waals surface area contributed by atoms with E-state index < -0.39 is 10.0 Å². The Morgan fingerprint density at radius 1 is 1.30 bits per heavy atom. The highest BCUT2D eigenvalue weighted by atomic mass is 35.5. The molecule has 1 aliphatic rings. The summed E-state index contributed by atoms with van der Waals surface area (Å²) in [5.41, 5.74) is 0. The Kier molecular flexibility index (Phi) is 5.29. The first kappa shape index (κ1) is 16.0. The van der Waals surface area contributed by atoms with E-state index in [-0.39, 0.29) is 15.1 Å². The molecule has 1 aromatic rings. The highest BCUT2D eigenvalue weighted by Gasteiger charge is 2.25. The lowest BCUT2D eigenvalue weighted by Crippen LogP contribution is -2.32. The van der Waals surface area contributed by atoms with Crippen LogP contribution >= 0.6 is 23.2 Å². The van der Waals surface area contributed by atoms with Crippen molar-refractivity contribution < 1.29 is 8.42 Å². The summed E-state index contributed by atoms with van der Waals surface area (Å²) in [6, 6.07) is 1.35. The summed E-state index contributed by atoms with van der Waals surface area (Å²) in [4.78, 5) is 3.89. The van der Waals surface area contributed by atoms with Crippen LogP contribution in [0.2, 0.25) is 10.2 Å². The Hall–Kier alpha value is -0.360. The predicted molar refractivity (Wildman–Crippen MR) is 80.6 cm³/mol. The molecule has 1 aliphatic carbocycles. The molecule has 20 heavy (non-hydrogen) atoms. The van der Waals surface area contributed by atoms with Gasteiger partial charge in [-0.25, -0.2) is 17.7 Å². The normalized spacial score (nSPS) is 17.6. The van der Waals surface area contributed by atoms with Gasteiger partial charge in [0.2, 0.25) is 10.0 Å². The number of hydrogen-bond acceptors (Lipinski definition) is 3. The van der Waals surface area contributed by atoms with Crippen molar-refractivity contribution in [1.82, 2.24) is 9.29 Å². The van der Waals surface area contributed by atoms with Gasteiger partial charge in [0.05, 0.1) is 5.02 Å². The first-order valence-electron chi connectivity index (χ1n) is 6.68. The van der Waals surface area contributed by atoms with Gasteiger partial charge in [-0.15, -0.1) is 0 Å². The van der Waals surface area contributed by atoms with E-state index in [0.717, 1.165) is 12.8 Å². The van der Waals surface area contributed by atoms with E-state index in [1.54, 1.807) is 7.05 Å². The van der Waals surface area contributed by atoms with Gasteiger partial charge in [-0.2, -0.15) is 0 Å². The van der Waals surface area contributed by atoms with Crippen molar-refractivity contribution >= 4 is 33.2 Å². The van der Waals surface area contributed by atoms with E-state index in [2.05, 4.69) is 4.98 Å². The maximum absolute atomic E-state index is 12.5. The van der Waals surface area contributed by atoms with Gasteiger partial charge in [-0.3, -0.25) is 0 Å². The minimum Gasteiger partial charge on any atom is -0.242 e. The van der Waals surface area contributed by atoms with Gasteiger partial charge < -0.3 is 0 Å². The summed E-state index contributed by atoms with van der Waals surface area (Å²) >= 11 is 11.6. The molecule has 112 valence electrons. The Bertz CT molecular complexity index is 572. The molecular weight excluding hydrogens is 319 g/mol. The second kappa shape index (κ2) is 6.60. The number of rotatable bonds is 4. The number of hydrogen-bond donors (Lipinski definition) is 0. The molecule has 1 fully saturated rings. The summed E-state index contributed by atoms with van der Waals surface area (Å²) in [6.45, 7) is 0.544. The highest BCUT2D eigenvalue weighted by Crippen LogP contribution is 2.27. The Labute approximate surface area is 130 Å². The first-order valence-corrected chi connectivity index (χ1v) is 8.88. The minimum absolute atomic E-state index is 0.0882. The standard InChI is InChI=1S/C13H18Cl2N2O2S/c1-17(9-10-5-3-2-4-6-10)20(18,19)11-7-12(14)13(15)16-8-11/h7-8,10H,2-6,9H2,1H3. The lowest BCUT2D eigenvalue weighted by atomic mass is 9.89. The molecule has 2 rings (SSSR count). The summed E-state index contributed by atoms with van der Waals surface area (Å²) in [5.74, 6) is 0.444. The fourth-order valence-electron chi connectivity index (χ4n) is 2.56. The molecule has 0 amide bonds. The zero-order valence-corrected chi connectivity index (χ0v) is 13.7. The van der Waals surface area contributed by atoms with Gasteiger partial charge >= 0.3 is 0 Å². The smallest absolute Gasteiger partial charge is 0.242 e. The number of halogens is 2. The van der Waals surface area contributed by atoms with Crippen molar-refractivity contribution in [3.63, 3.8) is 0 Å². The number of aromatic nitrogens is 1. The fourth-order valence-corrected chi connectivity index (χ4v) is 4.11. The van der Waals surface area contributed by atoms with E-state index >= 15 is 0 Å². The summed E-state index contributed by atoms with van der Waals surface area (Å²) < 4.78 is 26.3. The third-order valence-corrected chi connectivity index (χ3v) is 6.19. The van der Waals surface area contributed by atoms with Gasteiger partial charge in [-0.05, 0) is 24.8 Å². The van der Waals surface area contributed by atoms with Crippen LogP contribution in [-0.2, 0) is 10.0 Å². The van der Waals surface area contributed by atoms with Crippen LogP contribution in [0.4, 0.5) is 0 Å². The lowest BCUT2D eigenvalue weighted by Gasteiger charge is -2.26. The van der Waals surface area contributed by atoms with Crippen LogP contribution in [0.25, 0.3) is 0 Å². The molecule has 4 nitrogen and oxygen atoms in total. The number of nitrogens with zero attached hydrogens (tertiary/aromatic N) is 2. The van der Waals surface area contributed by atoms with Crippen molar-refractivity contribution in [2.24, 2.45) is 5.92 Å². The molecule has 0 spiro atoms. The number of pyridine rings is 1. The Balaban J connectivity index is 2.13. The van der Waals surface area contributed by atoms with Crippen molar-refractivity contribution in [1.29, 1.82) is 0 Å². The summed E-state index contributed by atoms with van der Waals surface area (Å²) in [7, 11) is -1.95. The molecular formula is C13H18Cl2N2O2S. The van der Waals surface area contributed by atoms with Crippen LogP contribution in [0.3, 0.4) is 0 Å². The molecule has 1 heterocycles. The van der Waals surface area contributed by atoms with Crippen molar-refractivity contribution in [2.45, 2.75) is 37.0 Å². The second-order valence-electron chi connectivity index (χ2n) is 5.23. The van der Waals surface area contributed by atoms with Crippen molar-refractivity contribution in [3.8, 4) is 0 Å². The van der Waals surface area contributed by atoms with Gasteiger partial charge in [0, 0.05) is 19.8 Å². The zero-order valence-electron chi connectivity index (χ0n) is 11.3. The fraction of sp³-hybridized carbons (Fsp3) is 0.615. The lowest BCUT2D eigenvalue weighted by molar-refractivity contribution is 0.300. The van der Waals surface area contributed by atoms with Gasteiger partial charge in [0.15, 0.2) is 0 Å². The third-order valence-electron chi connectivity index (χ3n) is 3.72. The van der Waals surface area contributed by atoms with Crippen LogP contribution in [0, 0.1) is 5.92 Å². The quantitative estimate of drug-likeness (QED) is 0.789. The van der Waals surface area contributed by atoms with E-state index in [1.807, 2.05) is 0 Å². The molecule has 1 aromatic heterocycles. The molecule has 0 aromatic carbocycles. The maximum atomic E-state index is 12.5. The Morgan fingerprint density at radius 3 is 2.55 bits per heavy atom. The van der Waals surface area contributed by atoms with Crippen LogP contribution in [0.5, 0.6) is 0 Å². The molecule has 1 saturated carbocycles. The zero-order chi connectivity index (χ0) is 14.8. The average molecular weight is 337 g/mol. The molecule has 0 unspecified atom stereocenters. The van der Waals surface area contributed by atoms with Crippen LogP contribution in [0.15, 0.2) is 17.2 Å². The summed E-state index contributed by atoms with van der Waals surface area (Å²) in [6.07, 6.45) is 7.07. The van der Waals surface area contributed by atoms with Crippen LogP contribution in [-0.4, -0.2) is 31.3 Å². The van der Waals surface area contributed by atoms with E-state index in [4.69, 9.17) is 23.2 Å². The van der Waals surface area contributed by atoms with Crippen LogP contribution < -0.4 is 0 Å². The van der Waals surface area contributed by atoms with E-state index in [1.165, 1.54) is 35.8 Å². The van der Waals surface area contributed by atoms with Gasteiger partial charge in [0.1, 0.15) is 10.0 Å². The largest absolute Gasteiger partial charge is 0.244 e. The van der Waals surface area contributed by atoms with E-state index in [9.17, 15) is 8.42 Å². The summed E-state index contributed by atoms with van der Waals surface area (Å²) in [5, 5.41) is 0.263. The maximum Gasteiger partial charge on any atom is 0.244 e. The molecule has 7 heteroatoms. The highest BCUT2D eigenvalue weighted by molar-refractivity contribution is 7.89. The second-order valence-corrected chi connectivity index (χ2v) is 8.04. The van der Waals surface area contributed by atoms with Gasteiger partial charge in [0.25, 0.3) is 0 Å². The Morgan fingerprint density at radius 2 is 1.95 bits per heavy atom. The first-order chi connectivity index (χ1) is 9.41. The average Bonchev–Trinajstić information content (AvgIpc) is 2.42. The monoisotopic (exact) mass is 336 g/mol. The molecule has 0 radical (unpaired) electrons. The SMILES string of the molecule is CN(CC1CCCCC1)S(=O)(=O)c1cnc(Cl)c(Cl)c1. The topological polar surface area (TPSA) is 50.3 Å². The molecule has 0 N–H and O–H groups in total. The van der Waals surface area contributed by atoms with E-state index in [0.29, 0.717) is 12.5 Å². The van der Waals surface area contributed by atoms with Crippen molar-refractivity contribution in [3.05, 3.63) is 22.4 Å². The predicted octanol–water partition coefficient (Wildman–Crippen LogP) is 3.59. The van der Waals surface area contributed by atoms with Crippen molar-refractivity contribution in [2.75, 3.05) is 13.6 Å². The molecule has 0 atom stereocenters. The molecule has 0 saturated heterocycles. The number of sulfonamides is 1. The van der Waals surface area contributed by atoms with Crippen LogP contribution in [0.1, 0.15) is 32.1 Å². The third kappa shape index (κ3) is 3.64.